The number of nitrogens with zero attached hydrogens (tertiary/aromatic N) is 2. The molecule has 1 unspecified atom stereocenters. The monoisotopic (exact) mass is 255 g/mol. The minimum atomic E-state index is -0.404. The number of benzene rings is 1. The molecule has 100 valence electrons. The zero-order valence-corrected chi connectivity index (χ0v) is 10.8. The van der Waals surface area contributed by atoms with Gasteiger partial charge in [-0.3, -0.25) is 0 Å². The lowest BCUT2D eigenvalue weighted by atomic mass is 10.1. The number of hydrogen-bond donors (Lipinski definition) is 1. The van der Waals surface area contributed by atoms with Gasteiger partial charge in [0, 0.05) is 37.8 Å². The van der Waals surface area contributed by atoms with Crippen molar-refractivity contribution >= 4 is 0 Å². The van der Waals surface area contributed by atoms with Gasteiger partial charge in [-0.1, -0.05) is 0 Å². The molecule has 0 amide bonds. The minimum absolute atomic E-state index is 0.232. The number of piperazine rings is 1. The number of likely N-dealkylation sites (N-methyl/N-ethyl adjacent to an activating group) is 1. The summed E-state index contributed by atoms with van der Waals surface area (Å²) in [7, 11) is 2.08. The lowest BCUT2D eigenvalue weighted by Crippen LogP contribution is -2.51. The maximum absolute atomic E-state index is 13.6. The second kappa shape index (κ2) is 5.73. The Balaban J connectivity index is 1.98. The Hall–Kier alpha value is -1.04. The Kier molecular flexibility index (Phi) is 4.27. The van der Waals surface area contributed by atoms with Crippen LogP contribution in [0.1, 0.15) is 18.5 Å². The average Bonchev–Trinajstić information content (AvgIpc) is 2.35. The molecule has 3 nitrogen and oxygen atoms in total. The zero-order chi connectivity index (χ0) is 13.1. The highest BCUT2D eigenvalue weighted by molar-refractivity contribution is 5.21. The van der Waals surface area contributed by atoms with Crippen molar-refractivity contribution in [2.45, 2.75) is 13.0 Å². The van der Waals surface area contributed by atoms with E-state index in [2.05, 4.69) is 22.4 Å². The topological polar surface area (TPSA) is 18.5 Å². The Morgan fingerprint density at radius 2 is 1.83 bits per heavy atom. The summed E-state index contributed by atoms with van der Waals surface area (Å²) in [6, 6.07) is 3.33. The van der Waals surface area contributed by atoms with Gasteiger partial charge in [-0.05, 0) is 32.2 Å². The fourth-order valence-electron chi connectivity index (χ4n) is 2.13. The van der Waals surface area contributed by atoms with Crippen LogP contribution in [0, 0.1) is 11.6 Å². The predicted molar refractivity (Wildman–Crippen MR) is 67.0 cm³/mol. The van der Waals surface area contributed by atoms with E-state index in [-0.39, 0.29) is 11.9 Å². The molecule has 2 rings (SSSR count). The third-order valence-electron chi connectivity index (χ3n) is 3.30. The Labute approximate surface area is 106 Å². The van der Waals surface area contributed by atoms with Crippen LogP contribution < -0.4 is 5.43 Å². The van der Waals surface area contributed by atoms with Crippen LogP contribution in [-0.2, 0) is 0 Å². The molecule has 5 heteroatoms. The molecule has 1 aromatic rings. The van der Waals surface area contributed by atoms with Gasteiger partial charge in [0.1, 0.15) is 11.6 Å². The minimum Gasteiger partial charge on any atom is -0.304 e. The van der Waals surface area contributed by atoms with Gasteiger partial charge in [-0.25, -0.2) is 19.2 Å². The lowest BCUT2D eigenvalue weighted by molar-refractivity contribution is 0.0892. The first kappa shape index (κ1) is 13.4. The molecule has 0 saturated carbocycles. The first-order valence-electron chi connectivity index (χ1n) is 6.21. The molecule has 1 N–H and O–H groups in total. The van der Waals surface area contributed by atoms with Gasteiger partial charge in [-0.2, -0.15) is 0 Å². The number of hydrogen-bond acceptors (Lipinski definition) is 3. The van der Waals surface area contributed by atoms with E-state index < -0.39 is 5.82 Å². The smallest absolute Gasteiger partial charge is 0.128 e. The molecule has 0 spiro atoms. The van der Waals surface area contributed by atoms with Crippen LogP contribution in [0.25, 0.3) is 0 Å². The van der Waals surface area contributed by atoms with E-state index in [0.717, 1.165) is 32.2 Å². The molecule has 0 bridgehead atoms. The van der Waals surface area contributed by atoms with E-state index in [1.165, 1.54) is 12.1 Å². The molecule has 0 aliphatic carbocycles. The van der Waals surface area contributed by atoms with Crippen LogP contribution >= 0.6 is 0 Å². The highest BCUT2D eigenvalue weighted by Gasteiger charge is 2.18. The summed E-state index contributed by atoms with van der Waals surface area (Å²) in [5.74, 6) is -0.774. The molecule has 1 aliphatic heterocycles. The number of halogens is 2. The fourth-order valence-corrected chi connectivity index (χ4v) is 2.13. The highest BCUT2D eigenvalue weighted by atomic mass is 19.1. The van der Waals surface area contributed by atoms with Gasteiger partial charge in [0.15, 0.2) is 0 Å². The van der Waals surface area contributed by atoms with Crippen molar-refractivity contribution in [2.75, 3.05) is 33.2 Å². The summed E-state index contributed by atoms with van der Waals surface area (Å²) in [4.78, 5) is 2.24. The lowest BCUT2D eigenvalue weighted by Gasteiger charge is -2.34. The van der Waals surface area contributed by atoms with E-state index >= 15 is 0 Å². The molecule has 0 radical (unpaired) electrons. The second-order valence-corrected chi connectivity index (χ2v) is 4.81. The SMILES string of the molecule is CC(NN1CCN(C)CC1)c1cc(F)ccc1F. The third kappa shape index (κ3) is 3.25. The molecule has 1 fully saturated rings. The summed E-state index contributed by atoms with van der Waals surface area (Å²) in [5, 5.41) is 2.06. The molecule has 1 saturated heterocycles. The average molecular weight is 255 g/mol. The standard InChI is InChI=1S/C13H19F2N3/c1-10(12-9-11(14)3-4-13(12)15)16-18-7-5-17(2)6-8-18/h3-4,9-10,16H,5-8H2,1-2H3. The van der Waals surface area contributed by atoms with Crippen molar-refractivity contribution in [3.05, 3.63) is 35.4 Å². The largest absolute Gasteiger partial charge is 0.304 e. The maximum Gasteiger partial charge on any atom is 0.128 e. The molecule has 1 aliphatic rings. The quantitative estimate of drug-likeness (QED) is 0.888. The van der Waals surface area contributed by atoms with Gasteiger partial charge in [0.05, 0.1) is 0 Å². The highest BCUT2D eigenvalue weighted by Crippen LogP contribution is 2.18. The van der Waals surface area contributed by atoms with E-state index in [0.29, 0.717) is 5.56 Å². The van der Waals surface area contributed by atoms with Gasteiger partial charge in [-0.15, -0.1) is 0 Å². The van der Waals surface area contributed by atoms with E-state index in [1.54, 1.807) is 0 Å². The normalized spacial score (nSPS) is 20.0. The van der Waals surface area contributed by atoms with Crippen LogP contribution in [0.5, 0.6) is 0 Å². The summed E-state index contributed by atoms with van der Waals surface area (Å²) in [6.07, 6.45) is 0. The number of rotatable bonds is 3. The Morgan fingerprint density at radius 1 is 1.17 bits per heavy atom. The van der Waals surface area contributed by atoms with E-state index in [4.69, 9.17) is 0 Å². The van der Waals surface area contributed by atoms with Crippen LogP contribution in [0.3, 0.4) is 0 Å². The number of nitrogens with one attached hydrogen (secondary N) is 1. The molecule has 18 heavy (non-hydrogen) atoms. The second-order valence-electron chi connectivity index (χ2n) is 4.81. The van der Waals surface area contributed by atoms with Gasteiger partial charge in [0.25, 0.3) is 0 Å². The molecule has 1 aromatic carbocycles. The van der Waals surface area contributed by atoms with Crippen molar-refractivity contribution in [2.24, 2.45) is 0 Å². The molecular weight excluding hydrogens is 236 g/mol. The predicted octanol–water partition coefficient (Wildman–Crippen LogP) is 1.78. The van der Waals surface area contributed by atoms with Crippen molar-refractivity contribution in [1.82, 2.24) is 15.3 Å². The van der Waals surface area contributed by atoms with Crippen LogP contribution in [0.4, 0.5) is 8.78 Å². The fraction of sp³-hybridized carbons (Fsp3) is 0.538. The summed E-state index contributed by atoms with van der Waals surface area (Å²) in [6.45, 7) is 5.57. The molecule has 0 aromatic heterocycles. The molecule has 1 heterocycles. The molecular formula is C13H19F2N3. The summed E-state index contributed by atoms with van der Waals surface area (Å²) >= 11 is 0. The number of hydrazine groups is 1. The van der Waals surface area contributed by atoms with Crippen LogP contribution in [-0.4, -0.2) is 43.1 Å². The molecule has 1 atom stereocenters. The van der Waals surface area contributed by atoms with Crippen molar-refractivity contribution < 1.29 is 8.78 Å². The third-order valence-corrected chi connectivity index (χ3v) is 3.30. The van der Waals surface area contributed by atoms with Gasteiger partial charge >= 0.3 is 0 Å². The van der Waals surface area contributed by atoms with Gasteiger partial charge < -0.3 is 4.90 Å². The summed E-state index contributed by atoms with van der Waals surface area (Å²) < 4.78 is 26.7. The van der Waals surface area contributed by atoms with Gasteiger partial charge in [0.2, 0.25) is 0 Å². The Morgan fingerprint density at radius 3 is 2.50 bits per heavy atom. The Bertz CT molecular complexity index is 403. The van der Waals surface area contributed by atoms with Crippen molar-refractivity contribution in [3.8, 4) is 0 Å². The van der Waals surface area contributed by atoms with Crippen molar-refractivity contribution in [1.29, 1.82) is 0 Å². The van der Waals surface area contributed by atoms with E-state index in [9.17, 15) is 8.78 Å². The zero-order valence-electron chi connectivity index (χ0n) is 10.8. The summed E-state index contributed by atoms with van der Waals surface area (Å²) in [5.41, 5.74) is 3.59. The maximum atomic E-state index is 13.6. The first-order valence-corrected chi connectivity index (χ1v) is 6.21. The van der Waals surface area contributed by atoms with E-state index in [1.807, 2.05) is 6.92 Å². The first-order chi connectivity index (χ1) is 8.56. The van der Waals surface area contributed by atoms with Crippen molar-refractivity contribution in [3.63, 3.8) is 0 Å². The van der Waals surface area contributed by atoms with Crippen LogP contribution in [0.15, 0.2) is 18.2 Å². The van der Waals surface area contributed by atoms with Crippen LogP contribution in [0.2, 0.25) is 0 Å².